The Bertz CT molecular complexity index is 1340. The number of rotatable bonds is 7. The van der Waals surface area contributed by atoms with Crippen LogP contribution in [0.25, 0.3) is 11.1 Å². The molecule has 0 aliphatic carbocycles. The van der Waals surface area contributed by atoms with Crippen molar-refractivity contribution in [1.82, 2.24) is 4.98 Å². The van der Waals surface area contributed by atoms with E-state index in [2.05, 4.69) is 4.98 Å². The van der Waals surface area contributed by atoms with Crippen LogP contribution in [0.2, 0.25) is 5.02 Å². The van der Waals surface area contributed by atoms with Crippen LogP contribution in [0.15, 0.2) is 91.1 Å². The summed E-state index contributed by atoms with van der Waals surface area (Å²) in [6, 6.07) is 25.7. The molecule has 0 spiro atoms. The lowest BCUT2D eigenvalue weighted by Crippen LogP contribution is -2.57. The van der Waals surface area contributed by atoms with Crippen LogP contribution in [0.3, 0.4) is 0 Å². The Morgan fingerprint density at radius 1 is 0.944 bits per heavy atom. The van der Waals surface area contributed by atoms with Gasteiger partial charge in [0.15, 0.2) is 0 Å². The predicted octanol–water partition coefficient (Wildman–Crippen LogP) is 6.34. The molecule has 2 N–H and O–H groups in total. The van der Waals surface area contributed by atoms with Gasteiger partial charge in [0.25, 0.3) is 0 Å². The molecule has 5 rings (SSSR count). The number of nitrogens with zero attached hydrogens (tertiary/aromatic N) is 2. The van der Waals surface area contributed by atoms with Gasteiger partial charge in [-0.1, -0.05) is 54.1 Å². The summed E-state index contributed by atoms with van der Waals surface area (Å²) in [4.78, 5) is 19.5. The van der Waals surface area contributed by atoms with Crippen molar-refractivity contribution in [2.24, 2.45) is 0 Å². The number of aliphatic hydroxyl groups is 1. The van der Waals surface area contributed by atoms with Crippen LogP contribution in [0.1, 0.15) is 29.0 Å². The minimum Gasteiger partial charge on any atom is -0.508 e. The molecule has 0 saturated carbocycles. The number of hydrogen-bond donors (Lipinski definition) is 2. The number of phenols is 1. The van der Waals surface area contributed by atoms with E-state index >= 15 is 0 Å². The van der Waals surface area contributed by atoms with Gasteiger partial charge >= 0.3 is 0 Å². The maximum atomic E-state index is 13.3. The molecule has 0 unspecified atom stereocenters. The van der Waals surface area contributed by atoms with Crippen molar-refractivity contribution in [3.05, 3.63) is 113 Å². The fraction of sp³-hybridized carbons (Fsp3) is 0.172. The summed E-state index contributed by atoms with van der Waals surface area (Å²) in [5.41, 5.74) is 5.50. The molecule has 182 valence electrons. The zero-order chi connectivity index (χ0) is 25.2. The minimum atomic E-state index is -0.711. The van der Waals surface area contributed by atoms with E-state index < -0.39 is 6.10 Å². The van der Waals surface area contributed by atoms with Crippen molar-refractivity contribution in [3.8, 4) is 16.9 Å². The minimum absolute atomic E-state index is 0.00821. The molecule has 36 heavy (non-hydrogen) atoms. The normalized spacial score (nSPS) is 18.1. The van der Waals surface area contributed by atoms with Crippen LogP contribution in [-0.4, -0.2) is 32.1 Å². The predicted molar refractivity (Wildman–Crippen MR) is 145 cm³/mol. The van der Waals surface area contributed by atoms with Crippen LogP contribution >= 0.6 is 23.4 Å². The van der Waals surface area contributed by atoms with Gasteiger partial charge in [0.2, 0.25) is 5.91 Å². The lowest BCUT2D eigenvalue weighted by atomic mass is 9.92. The number of aromatic hydroxyl groups is 1. The van der Waals surface area contributed by atoms with Crippen LogP contribution in [0, 0.1) is 6.92 Å². The van der Waals surface area contributed by atoms with Crippen molar-refractivity contribution in [2.75, 3.05) is 10.7 Å². The first kappa shape index (κ1) is 24.4. The van der Waals surface area contributed by atoms with E-state index in [1.807, 2.05) is 61.7 Å². The Morgan fingerprint density at radius 2 is 1.61 bits per heavy atom. The van der Waals surface area contributed by atoms with Crippen LogP contribution in [0.5, 0.6) is 5.75 Å². The van der Waals surface area contributed by atoms with E-state index in [-0.39, 0.29) is 22.9 Å². The number of anilines is 1. The van der Waals surface area contributed by atoms with Gasteiger partial charge in [-0.05, 0) is 66.1 Å². The number of benzene rings is 3. The number of carbonyl (C=O) groups excluding carboxylic acids is 1. The summed E-state index contributed by atoms with van der Waals surface area (Å²) in [5.74, 6) is 0.542. The lowest BCUT2D eigenvalue weighted by Gasteiger charge is -2.47. The number of hydrogen-bond acceptors (Lipinski definition) is 5. The van der Waals surface area contributed by atoms with E-state index in [1.54, 1.807) is 41.3 Å². The Labute approximate surface area is 219 Å². The molecule has 1 saturated heterocycles. The first-order valence-electron chi connectivity index (χ1n) is 11.6. The molecule has 7 heteroatoms. The van der Waals surface area contributed by atoms with E-state index in [4.69, 9.17) is 11.6 Å². The Morgan fingerprint density at radius 3 is 2.25 bits per heavy atom. The van der Waals surface area contributed by atoms with Crippen molar-refractivity contribution in [3.63, 3.8) is 0 Å². The fourth-order valence-corrected chi connectivity index (χ4v) is 5.76. The highest BCUT2D eigenvalue weighted by molar-refractivity contribution is 8.00. The molecule has 1 aromatic heterocycles. The largest absolute Gasteiger partial charge is 0.508 e. The highest BCUT2D eigenvalue weighted by atomic mass is 35.5. The second kappa shape index (κ2) is 10.3. The van der Waals surface area contributed by atoms with Gasteiger partial charge in [0.05, 0.1) is 12.1 Å². The number of aliphatic hydroxyl groups excluding tert-OH is 1. The molecule has 4 aromatic rings. The van der Waals surface area contributed by atoms with E-state index in [1.165, 1.54) is 11.8 Å². The Hall–Kier alpha value is -3.32. The SMILES string of the molecule is Cc1ccc(-c2ccc(N3C(=O)[C@H](SC[C@H](O)c4ccc(Cl)cc4)[C@H]3c3ccc(O)cc3)cc2)cn1. The molecule has 3 aromatic carbocycles. The van der Waals surface area contributed by atoms with Crippen LogP contribution < -0.4 is 4.90 Å². The third-order valence-electron chi connectivity index (χ3n) is 6.36. The lowest BCUT2D eigenvalue weighted by molar-refractivity contribution is -0.123. The van der Waals surface area contributed by atoms with Crippen LogP contribution in [0.4, 0.5) is 5.69 Å². The Kier molecular flexibility index (Phi) is 7.01. The number of halogens is 1. The maximum Gasteiger partial charge on any atom is 0.243 e. The van der Waals surface area contributed by atoms with E-state index in [0.29, 0.717) is 10.8 Å². The molecule has 3 atom stereocenters. The molecular formula is C29H25ClN2O3S. The monoisotopic (exact) mass is 516 g/mol. The summed E-state index contributed by atoms with van der Waals surface area (Å²) >= 11 is 7.40. The molecule has 5 nitrogen and oxygen atoms in total. The summed E-state index contributed by atoms with van der Waals surface area (Å²) in [7, 11) is 0. The number of amides is 1. The molecule has 0 radical (unpaired) electrons. The molecule has 1 fully saturated rings. The van der Waals surface area contributed by atoms with Gasteiger partial charge in [-0.25, -0.2) is 0 Å². The highest BCUT2D eigenvalue weighted by Crippen LogP contribution is 2.46. The summed E-state index contributed by atoms with van der Waals surface area (Å²) in [6.45, 7) is 1.95. The zero-order valence-electron chi connectivity index (χ0n) is 19.6. The van der Waals surface area contributed by atoms with Crippen molar-refractivity contribution < 1.29 is 15.0 Å². The van der Waals surface area contributed by atoms with Gasteiger partial charge in [0, 0.05) is 33.9 Å². The van der Waals surface area contributed by atoms with E-state index in [9.17, 15) is 15.0 Å². The standard InChI is InChI=1S/C29H25ClN2O3S/c1-18-2-3-22(16-31-18)19-6-12-24(13-7-19)32-27(21-8-14-25(33)15-9-21)28(29(32)35)36-17-26(34)20-4-10-23(30)11-5-20/h2-16,26-28,33-34H,17H2,1H3/t26-,27+,28+/m0/s1. The second-order valence-corrected chi connectivity index (χ2v) is 10.4. The summed E-state index contributed by atoms with van der Waals surface area (Å²) in [6.07, 6.45) is 1.13. The van der Waals surface area contributed by atoms with Crippen molar-refractivity contribution in [1.29, 1.82) is 0 Å². The number of β-lactam (4-membered cyclic amide) rings is 1. The molecular weight excluding hydrogens is 492 g/mol. The summed E-state index contributed by atoms with van der Waals surface area (Å²) < 4.78 is 0. The summed E-state index contributed by atoms with van der Waals surface area (Å²) in [5, 5.41) is 20.7. The second-order valence-electron chi connectivity index (χ2n) is 8.80. The average molecular weight is 517 g/mol. The molecule has 2 heterocycles. The quantitative estimate of drug-likeness (QED) is 0.280. The number of phenolic OH excluding ortho intramolecular Hbond substituents is 1. The van der Waals surface area contributed by atoms with Gasteiger partial charge in [-0.3, -0.25) is 9.78 Å². The zero-order valence-corrected chi connectivity index (χ0v) is 21.2. The molecule has 0 bridgehead atoms. The van der Waals surface area contributed by atoms with Gasteiger partial charge in [-0.15, -0.1) is 11.8 Å². The third-order valence-corrected chi connectivity index (χ3v) is 7.94. The maximum absolute atomic E-state index is 13.3. The molecule has 1 aliphatic heterocycles. The number of aromatic nitrogens is 1. The van der Waals surface area contributed by atoms with Crippen molar-refractivity contribution in [2.45, 2.75) is 24.3 Å². The smallest absolute Gasteiger partial charge is 0.243 e. The third kappa shape index (κ3) is 4.98. The van der Waals surface area contributed by atoms with E-state index in [0.717, 1.165) is 33.6 Å². The van der Waals surface area contributed by atoms with Gasteiger partial charge < -0.3 is 15.1 Å². The van der Waals surface area contributed by atoms with Gasteiger partial charge in [0.1, 0.15) is 11.0 Å². The first-order valence-corrected chi connectivity index (χ1v) is 13.0. The number of pyridine rings is 1. The topological polar surface area (TPSA) is 73.7 Å². The average Bonchev–Trinajstić information content (AvgIpc) is 2.89. The fourth-order valence-electron chi connectivity index (χ4n) is 4.34. The highest BCUT2D eigenvalue weighted by Gasteiger charge is 2.49. The Balaban J connectivity index is 1.37. The van der Waals surface area contributed by atoms with Gasteiger partial charge in [-0.2, -0.15) is 0 Å². The number of carbonyl (C=O) groups is 1. The molecule has 1 amide bonds. The molecule has 1 aliphatic rings. The van der Waals surface area contributed by atoms with Crippen LogP contribution in [-0.2, 0) is 4.79 Å². The number of aryl methyl sites for hydroxylation is 1. The number of thioether (sulfide) groups is 1. The first-order chi connectivity index (χ1) is 17.4. The van der Waals surface area contributed by atoms with Crippen molar-refractivity contribution >= 4 is 35.0 Å².